The molecule has 0 aliphatic carbocycles. The summed E-state index contributed by atoms with van der Waals surface area (Å²) in [6.07, 6.45) is 5.16. The van der Waals surface area contributed by atoms with Crippen LogP contribution in [-0.2, 0) is 22.6 Å². The maximum Gasteiger partial charge on any atom is 0.239 e. The Labute approximate surface area is 213 Å². The average molecular weight is 487 g/mol. The van der Waals surface area contributed by atoms with E-state index < -0.39 is 6.23 Å². The molecule has 0 bridgehead atoms. The van der Waals surface area contributed by atoms with Crippen molar-refractivity contribution in [1.82, 2.24) is 10.2 Å². The monoisotopic (exact) mass is 486 g/mol. The molecule has 4 rings (SSSR count). The topological polar surface area (TPSA) is 67.9 Å². The molecule has 188 valence electrons. The average Bonchev–Trinajstić information content (AvgIpc) is 2.91. The van der Waals surface area contributed by atoms with Crippen LogP contribution in [0.3, 0.4) is 0 Å². The van der Waals surface area contributed by atoms with Crippen LogP contribution in [-0.4, -0.2) is 36.0 Å². The molecule has 1 fully saturated rings. The Balaban J connectivity index is 1.15. The first-order chi connectivity index (χ1) is 17.7. The van der Waals surface area contributed by atoms with Crippen LogP contribution in [0.1, 0.15) is 43.2 Å². The van der Waals surface area contributed by atoms with E-state index in [4.69, 9.17) is 9.47 Å². The van der Waals surface area contributed by atoms with Gasteiger partial charge in [0.25, 0.3) is 0 Å². The van der Waals surface area contributed by atoms with Crippen molar-refractivity contribution in [3.05, 3.63) is 96.1 Å². The highest BCUT2D eigenvalue weighted by Crippen LogP contribution is 2.31. The van der Waals surface area contributed by atoms with Crippen LogP contribution in [0, 0.1) is 0 Å². The number of hydrogen-bond donors (Lipinski definition) is 1. The Bertz CT molecular complexity index is 1100. The van der Waals surface area contributed by atoms with E-state index in [0.717, 1.165) is 37.7 Å². The van der Waals surface area contributed by atoms with Crippen molar-refractivity contribution in [2.45, 2.75) is 51.4 Å². The minimum atomic E-state index is -0.470. The molecule has 3 aromatic carbocycles. The minimum Gasteiger partial charge on any atom is -0.485 e. The summed E-state index contributed by atoms with van der Waals surface area (Å²) in [7, 11) is 0. The molecule has 1 unspecified atom stereocenters. The molecule has 1 atom stereocenters. The lowest BCUT2D eigenvalue weighted by atomic mass is 10.1. The van der Waals surface area contributed by atoms with E-state index in [1.807, 2.05) is 60.7 Å². The molecular formula is C30H34N2O4. The molecular weight excluding hydrogens is 452 g/mol. The molecule has 1 heterocycles. The second kappa shape index (κ2) is 13.3. The number of hydrogen-bond acceptors (Lipinski definition) is 4. The third-order valence-corrected chi connectivity index (χ3v) is 6.24. The maximum absolute atomic E-state index is 12.4. The number of ether oxygens (including phenoxy) is 2. The number of benzene rings is 3. The molecule has 3 aromatic rings. The Morgan fingerprint density at radius 1 is 0.806 bits per heavy atom. The van der Waals surface area contributed by atoms with Gasteiger partial charge < -0.3 is 14.8 Å². The number of para-hydroxylation sites is 2. The van der Waals surface area contributed by atoms with Crippen LogP contribution in [0.25, 0.3) is 0 Å². The summed E-state index contributed by atoms with van der Waals surface area (Å²) >= 11 is 0. The van der Waals surface area contributed by atoms with Crippen LogP contribution in [0.4, 0.5) is 0 Å². The molecule has 1 saturated heterocycles. The molecule has 1 aliphatic rings. The van der Waals surface area contributed by atoms with Crippen molar-refractivity contribution in [2.75, 3.05) is 13.1 Å². The zero-order valence-corrected chi connectivity index (χ0v) is 20.6. The normalized spacial score (nSPS) is 14.7. The van der Waals surface area contributed by atoms with Gasteiger partial charge >= 0.3 is 0 Å². The number of likely N-dealkylation sites (tertiary alicyclic amines) is 1. The van der Waals surface area contributed by atoms with Gasteiger partial charge in [-0.2, -0.15) is 0 Å². The van der Waals surface area contributed by atoms with E-state index in [1.54, 1.807) is 0 Å². The van der Waals surface area contributed by atoms with Gasteiger partial charge in [0.05, 0.1) is 6.42 Å². The summed E-state index contributed by atoms with van der Waals surface area (Å²) in [5.41, 5.74) is 2.42. The quantitative estimate of drug-likeness (QED) is 0.254. The second-order valence-corrected chi connectivity index (χ2v) is 9.02. The Morgan fingerprint density at radius 2 is 1.44 bits per heavy atom. The van der Waals surface area contributed by atoms with Crippen LogP contribution >= 0.6 is 0 Å². The lowest BCUT2D eigenvalue weighted by molar-refractivity contribution is -0.163. The van der Waals surface area contributed by atoms with E-state index >= 15 is 0 Å². The van der Waals surface area contributed by atoms with Crippen molar-refractivity contribution in [3.8, 4) is 11.5 Å². The van der Waals surface area contributed by atoms with Gasteiger partial charge in [-0.05, 0) is 42.5 Å². The molecule has 0 radical (unpaired) electrons. The third kappa shape index (κ3) is 7.60. The number of aryl methyl sites for hydroxylation is 1. The fraction of sp³-hybridized carbons (Fsp3) is 0.333. The summed E-state index contributed by atoms with van der Waals surface area (Å²) in [5.74, 6) is 0.928. The predicted octanol–water partition coefficient (Wildman–Crippen LogP) is 5.12. The summed E-state index contributed by atoms with van der Waals surface area (Å²) < 4.78 is 12.0. The number of carbonyl (C=O) groups excluding carboxylic acids is 2. The molecule has 0 spiro atoms. The minimum absolute atomic E-state index is 0.00451. The second-order valence-electron chi connectivity index (χ2n) is 9.02. The molecule has 36 heavy (non-hydrogen) atoms. The maximum atomic E-state index is 12.4. The Morgan fingerprint density at radius 3 is 2.17 bits per heavy atom. The number of β-lactam (4-membered cyclic amide) rings is 1. The first kappa shape index (κ1) is 25.3. The highest BCUT2D eigenvalue weighted by molar-refractivity contribution is 5.88. The van der Waals surface area contributed by atoms with Gasteiger partial charge in [-0.3, -0.25) is 14.5 Å². The van der Waals surface area contributed by atoms with Gasteiger partial charge in [0.15, 0.2) is 17.7 Å². The molecule has 6 heteroatoms. The highest BCUT2D eigenvalue weighted by Gasteiger charge is 2.39. The van der Waals surface area contributed by atoms with Crippen molar-refractivity contribution in [2.24, 2.45) is 0 Å². The fourth-order valence-corrected chi connectivity index (χ4v) is 4.16. The van der Waals surface area contributed by atoms with Crippen molar-refractivity contribution < 1.29 is 19.1 Å². The van der Waals surface area contributed by atoms with Gasteiger partial charge in [-0.1, -0.05) is 85.6 Å². The highest BCUT2D eigenvalue weighted by atomic mass is 16.5. The van der Waals surface area contributed by atoms with E-state index in [9.17, 15) is 9.59 Å². The van der Waals surface area contributed by atoms with E-state index in [1.165, 1.54) is 10.5 Å². The predicted molar refractivity (Wildman–Crippen MR) is 140 cm³/mol. The van der Waals surface area contributed by atoms with Gasteiger partial charge in [0.1, 0.15) is 13.2 Å². The molecule has 1 N–H and O–H groups in total. The SMILES string of the molecule is O=C(CN1C(=O)CC1Oc1ccccc1OCc1ccccc1)NCCCCCCc1ccccc1. The summed E-state index contributed by atoms with van der Waals surface area (Å²) in [5, 5.41) is 2.93. The number of carbonyl (C=O) groups is 2. The number of rotatable bonds is 14. The summed E-state index contributed by atoms with van der Waals surface area (Å²) in [6.45, 7) is 1.04. The number of nitrogens with one attached hydrogen (secondary N) is 1. The zero-order chi connectivity index (χ0) is 25.0. The number of unbranched alkanes of at least 4 members (excludes halogenated alkanes) is 3. The smallest absolute Gasteiger partial charge is 0.239 e. The molecule has 1 aliphatic heterocycles. The van der Waals surface area contributed by atoms with Crippen LogP contribution in [0.5, 0.6) is 11.5 Å². The van der Waals surface area contributed by atoms with Gasteiger partial charge in [-0.25, -0.2) is 0 Å². The van der Waals surface area contributed by atoms with Gasteiger partial charge in [0, 0.05) is 6.54 Å². The summed E-state index contributed by atoms with van der Waals surface area (Å²) in [4.78, 5) is 26.0. The van der Waals surface area contributed by atoms with Gasteiger partial charge in [-0.15, -0.1) is 0 Å². The van der Waals surface area contributed by atoms with Crippen molar-refractivity contribution in [1.29, 1.82) is 0 Å². The molecule has 6 nitrogen and oxygen atoms in total. The van der Waals surface area contributed by atoms with E-state index in [-0.39, 0.29) is 24.8 Å². The largest absolute Gasteiger partial charge is 0.485 e. The number of amides is 2. The van der Waals surface area contributed by atoms with Crippen LogP contribution in [0.15, 0.2) is 84.9 Å². The first-order valence-corrected chi connectivity index (χ1v) is 12.7. The zero-order valence-electron chi connectivity index (χ0n) is 20.6. The van der Waals surface area contributed by atoms with Crippen molar-refractivity contribution in [3.63, 3.8) is 0 Å². The van der Waals surface area contributed by atoms with Crippen LogP contribution in [0.2, 0.25) is 0 Å². The van der Waals surface area contributed by atoms with E-state index in [2.05, 4.69) is 29.6 Å². The standard InChI is InChI=1S/C30H34N2O4/c33-28(31-20-12-2-1-5-13-24-14-6-3-7-15-24)22-32-29(34)21-30(32)36-27-19-11-10-18-26(27)35-23-25-16-8-4-9-17-25/h3-4,6-11,14-19,30H,1-2,5,12-13,20-23H2,(H,31,33). The van der Waals surface area contributed by atoms with E-state index in [0.29, 0.717) is 24.7 Å². The van der Waals surface area contributed by atoms with Gasteiger partial charge in [0.2, 0.25) is 11.8 Å². The molecule has 0 aromatic heterocycles. The van der Waals surface area contributed by atoms with Crippen LogP contribution < -0.4 is 14.8 Å². The Hall–Kier alpha value is -3.80. The Kier molecular flexibility index (Phi) is 9.37. The molecule has 2 amide bonds. The van der Waals surface area contributed by atoms with Crippen molar-refractivity contribution >= 4 is 11.8 Å². The fourth-order valence-electron chi connectivity index (χ4n) is 4.16. The third-order valence-electron chi connectivity index (χ3n) is 6.24. The number of nitrogens with zero attached hydrogens (tertiary/aromatic N) is 1. The lowest BCUT2D eigenvalue weighted by Gasteiger charge is -2.39. The lowest BCUT2D eigenvalue weighted by Crippen LogP contribution is -2.58. The first-order valence-electron chi connectivity index (χ1n) is 12.7. The molecule has 0 saturated carbocycles. The summed E-state index contributed by atoms with van der Waals surface area (Å²) in [6, 6.07) is 27.8.